The van der Waals surface area contributed by atoms with E-state index in [1.807, 2.05) is 12.1 Å². The van der Waals surface area contributed by atoms with Crippen molar-refractivity contribution in [2.75, 3.05) is 0 Å². The number of phenols is 1. The molecule has 2 nitrogen and oxygen atoms in total. The Morgan fingerprint density at radius 2 is 1.82 bits per heavy atom. The molecule has 0 spiro atoms. The van der Waals surface area contributed by atoms with Crippen LogP contribution in [0.3, 0.4) is 0 Å². The lowest BCUT2D eigenvalue weighted by molar-refractivity contribution is 0.0808. The van der Waals surface area contributed by atoms with E-state index < -0.39 is 5.60 Å². The lowest BCUT2D eigenvalue weighted by Gasteiger charge is -2.27. The van der Waals surface area contributed by atoms with Gasteiger partial charge in [0, 0.05) is 0 Å². The van der Waals surface area contributed by atoms with E-state index in [0.29, 0.717) is 0 Å². The summed E-state index contributed by atoms with van der Waals surface area (Å²) in [5, 5.41) is 20.2. The van der Waals surface area contributed by atoms with Crippen molar-refractivity contribution in [1.29, 1.82) is 0 Å². The molecule has 0 radical (unpaired) electrons. The number of phenolic OH excluding ortho intramolecular Hbond substituents is 1. The lowest BCUT2D eigenvalue weighted by Crippen LogP contribution is -2.24. The van der Waals surface area contributed by atoms with Crippen molar-refractivity contribution in [1.82, 2.24) is 0 Å². The predicted molar refractivity (Wildman–Crippen MR) is 66.6 cm³/mol. The number of rotatable bonds is 1. The Morgan fingerprint density at radius 1 is 1.06 bits per heavy atom. The Morgan fingerprint density at radius 3 is 2.59 bits per heavy atom. The Hall–Kier alpha value is -1.54. The molecule has 1 atom stereocenters. The summed E-state index contributed by atoms with van der Waals surface area (Å²) in [5.41, 5.74) is 2.50. The normalized spacial score (nSPS) is 27.4. The van der Waals surface area contributed by atoms with Crippen LogP contribution in [-0.4, -0.2) is 10.2 Å². The molecule has 1 aromatic rings. The molecule has 2 N–H and O–H groups in total. The summed E-state index contributed by atoms with van der Waals surface area (Å²) in [4.78, 5) is 0. The molecule has 2 aliphatic carbocycles. The van der Waals surface area contributed by atoms with Crippen molar-refractivity contribution in [3.05, 3.63) is 53.1 Å². The largest absolute Gasteiger partial charge is 0.508 e. The molecule has 1 aromatic carbocycles. The molecular formula is C15H16O2. The van der Waals surface area contributed by atoms with Gasteiger partial charge in [-0.15, -0.1) is 0 Å². The molecule has 2 aliphatic rings. The van der Waals surface area contributed by atoms with E-state index in [2.05, 4.69) is 12.2 Å². The van der Waals surface area contributed by atoms with Crippen molar-refractivity contribution >= 4 is 0 Å². The van der Waals surface area contributed by atoms with Gasteiger partial charge < -0.3 is 10.2 Å². The van der Waals surface area contributed by atoms with Gasteiger partial charge in [-0.3, -0.25) is 0 Å². The quantitative estimate of drug-likeness (QED) is 0.775. The Bertz CT molecular complexity index is 496. The number of aliphatic hydroxyl groups is 1. The fraction of sp³-hybridized carbons (Fsp3) is 0.333. The first kappa shape index (κ1) is 10.6. The number of hydrogen-bond acceptors (Lipinski definition) is 2. The molecule has 0 saturated carbocycles. The minimum absolute atomic E-state index is 0.240. The van der Waals surface area contributed by atoms with Gasteiger partial charge in [-0.05, 0) is 49.0 Å². The van der Waals surface area contributed by atoms with Crippen LogP contribution in [-0.2, 0) is 5.60 Å². The molecule has 0 heterocycles. The average molecular weight is 228 g/mol. The molecule has 0 amide bonds. The Labute approximate surface area is 101 Å². The molecule has 0 aliphatic heterocycles. The monoisotopic (exact) mass is 228 g/mol. The van der Waals surface area contributed by atoms with E-state index in [1.165, 1.54) is 5.57 Å². The van der Waals surface area contributed by atoms with Crippen molar-refractivity contribution in [2.24, 2.45) is 0 Å². The third kappa shape index (κ3) is 1.60. The first-order chi connectivity index (χ1) is 8.20. The average Bonchev–Trinajstić information content (AvgIpc) is 2.70. The van der Waals surface area contributed by atoms with E-state index in [0.717, 1.165) is 36.8 Å². The number of hydrogen-bond donors (Lipinski definition) is 2. The number of aromatic hydroxyl groups is 1. The summed E-state index contributed by atoms with van der Waals surface area (Å²) in [7, 11) is 0. The molecule has 0 fully saturated rings. The molecule has 0 bridgehead atoms. The van der Waals surface area contributed by atoms with Crippen molar-refractivity contribution in [3.63, 3.8) is 0 Å². The first-order valence-electron chi connectivity index (χ1n) is 6.11. The minimum Gasteiger partial charge on any atom is -0.508 e. The van der Waals surface area contributed by atoms with Gasteiger partial charge in [0.1, 0.15) is 11.4 Å². The number of allylic oxidation sites excluding steroid dienone is 2. The van der Waals surface area contributed by atoms with Crippen LogP contribution < -0.4 is 0 Å². The van der Waals surface area contributed by atoms with Gasteiger partial charge in [0.15, 0.2) is 0 Å². The van der Waals surface area contributed by atoms with Crippen molar-refractivity contribution < 1.29 is 10.2 Å². The summed E-state index contributed by atoms with van der Waals surface area (Å²) in [5.74, 6) is 0.240. The second-order valence-corrected chi connectivity index (χ2v) is 4.87. The van der Waals surface area contributed by atoms with Crippen LogP contribution in [0.25, 0.3) is 0 Å². The third-order valence-electron chi connectivity index (χ3n) is 3.86. The van der Waals surface area contributed by atoms with Gasteiger partial charge in [-0.2, -0.15) is 0 Å². The van der Waals surface area contributed by atoms with Crippen LogP contribution in [0.1, 0.15) is 31.2 Å². The molecule has 1 unspecified atom stereocenters. The molecule has 17 heavy (non-hydrogen) atoms. The highest BCUT2D eigenvalue weighted by atomic mass is 16.3. The van der Waals surface area contributed by atoms with Gasteiger partial charge in [0.05, 0.1) is 0 Å². The summed E-state index contributed by atoms with van der Waals surface area (Å²) in [6.45, 7) is 0. The molecule has 0 saturated heterocycles. The molecule has 3 rings (SSSR count). The highest BCUT2D eigenvalue weighted by Gasteiger charge is 2.39. The summed E-state index contributed by atoms with van der Waals surface area (Å²) >= 11 is 0. The van der Waals surface area contributed by atoms with Gasteiger partial charge in [-0.25, -0.2) is 0 Å². The zero-order chi connectivity index (χ0) is 11.9. The molecule has 2 heteroatoms. The fourth-order valence-corrected chi connectivity index (χ4v) is 2.90. The summed E-state index contributed by atoms with van der Waals surface area (Å²) in [6.07, 6.45) is 8.11. The van der Waals surface area contributed by atoms with Crippen LogP contribution >= 0.6 is 0 Å². The first-order valence-corrected chi connectivity index (χ1v) is 6.11. The summed E-state index contributed by atoms with van der Waals surface area (Å²) < 4.78 is 0. The van der Waals surface area contributed by atoms with Gasteiger partial charge in [0.25, 0.3) is 0 Å². The van der Waals surface area contributed by atoms with Crippen LogP contribution in [0.5, 0.6) is 5.75 Å². The van der Waals surface area contributed by atoms with Gasteiger partial charge in [0.2, 0.25) is 0 Å². The van der Waals surface area contributed by atoms with E-state index >= 15 is 0 Å². The van der Waals surface area contributed by atoms with Crippen LogP contribution in [0.4, 0.5) is 0 Å². The van der Waals surface area contributed by atoms with Crippen molar-refractivity contribution in [3.8, 4) is 5.75 Å². The second-order valence-electron chi connectivity index (χ2n) is 4.87. The maximum Gasteiger partial charge on any atom is 0.115 e. The van der Waals surface area contributed by atoms with Gasteiger partial charge in [-0.1, -0.05) is 29.9 Å². The van der Waals surface area contributed by atoms with E-state index in [9.17, 15) is 10.2 Å². The minimum atomic E-state index is -0.847. The van der Waals surface area contributed by atoms with E-state index in [1.54, 1.807) is 12.1 Å². The predicted octanol–water partition coefficient (Wildman–Crippen LogP) is 3.02. The van der Waals surface area contributed by atoms with Crippen LogP contribution in [0.15, 0.2) is 47.6 Å². The zero-order valence-electron chi connectivity index (χ0n) is 9.69. The molecular weight excluding hydrogens is 212 g/mol. The topological polar surface area (TPSA) is 40.5 Å². The standard InChI is InChI=1S/C15H16O2/c16-13-7-5-12(6-8-13)15(17)10-9-11-3-1-2-4-14(11)15/h2,4-8,16-17H,1,3,9-10H2. The van der Waals surface area contributed by atoms with E-state index in [4.69, 9.17) is 0 Å². The highest BCUT2D eigenvalue weighted by Crippen LogP contribution is 2.46. The van der Waals surface area contributed by atoms with Crippen LogP contribution in [0, 0.1) is 0 Å². The highest BCUT2D eigenvalue weighted by molar-refractivity contribution is 5.47. The maximum absolute atomic E-state index is 10.9. The Kier molecular flexibility index (Phi) is 2.33. The fourth-order valence-electron chi connectivity index (χ4n) is 2.90. The maximum atomic E-state index is 10.9. The molecule has 0 aromatic heterocycles. The van der Waals surface area contributed by atoms with Gasteiger partial charge >= 0.3 is 0 Å². The zero-order valence-corrected chi connectivity index (χ0v) is 9.69. The lowest BCUT2D eigenvalue weighted by atomic mass is 9.85. The smallest absolute Gasteiger partial charge is 0.115 e. The van der Waals surface area contributed by atoms with Crippen LogP contribution in [0.2, 0.25) is 0 Å². The van der Waals surface area contributed by atoms with E-state index in [-0.39, 0.29) is 5.75 Å². The molecule has 88 valence electrons. The van der Waals surface area contributed by atoms with Crippen molar-refractivity contribution in [2.45, 2.75) is 31.3 Å². The second kappa shape index (κ2) is 3.74. The SMILES string of the molecule is Oc1ccc(C2(O)CCC3=C2C=CCC3)cc1. The Balaban J connectivity index is 2.05. The third-order valence-corrected chi connectivity index (χ3v) is 3.86. The number of benzene rings is 1. The summed E-state index contributed by atoms with van der Waals surface area (Å²) in [6, 6.07) is 6.90.